The number of aromatic amines is 1. The molecule has 2 rings (SSSR count). The molecule has 102 valence electrons. The standard InChI is InChI=1S/C12H20N4O.ClH/c1-10-11(2-3-14-10)12(17)15-6-9-16-7-4-13-5-8-16;/h2-3,13-14H,4-9H2,1H3,(H,15,17);1H. The summed E-state index contributed by atoms with van der Waals surface area (Å²) < 4.78 is 0. The minimum atomic E-state index is 0. The molecule has 0 aliphatic carbocycles. The van der Waals surface area contributed by atoms with Gasteiger partial charge in [-0.3, -0.25) is 9.69 Å². The number of piperazine rings is 1. The lowest BCUT2D eigenvalue weighted by Gasteiger charge is -2.27. The first-order valence-electron chi connectivity index (χ1n) is 6.12. The van der Waals surface area contributed by atoms with Crippen LogP contribution in [0.4, 0.5) is 0 Å². The van der Waals surface area contributed by atoms with E-state index >= 15 is 0 Å². The molecule has 1 aliphatic rings. The third kappa shape index (κ3) is 4.01. The van der Waals surface area contributed by atoms with E-state index in [1.54, 1.807) is 6.20 Å². The van der Waals surface area contributed by atoms with E-state index in [1.807, 2.05) is 13.0 Å². The van der Waals surface area contributed by atoms with Crippen LogP contribution in [-0.4, -0.2) is 55.1 Å². The van der Waals surface area contributed by atoms with Crippen molar-refractivity contribution in [2.75, 3.05) is 39.3 Å². The summed E-state index contributed by atoms with van der Waals surface area (Å²) in [5.74, 6) is 0.0129. The van der Waals surface area contributed by atoms with Crippen molar-refractivity contribution in [3.05, 3.63) is 23.5 Å². The van der Waals surface area contributed by atoms with E-state index in [0.29, 0.717) is 6.54 Å². The lowest BCUT2D eigenvalue weighted by Crippen LogP contribution is -2.46. The van der Waals surface area contributed by atoms with Crippen LogP contribution in [-0.2, 0) is 0 Å². The van der Waals surface area contributed by atoms with Gasteiger partial charge in [0.15, 0.2) is 0 Å². The fourth-order valence-electron chi connectivity index (χ4n) is 2.06. The monoisotopic (exact) mass is 272 g/mol. The van der Waals surface area contributed by atoms with Gasteiger partial charge in [0.05, 0.1) is 5.56 Å². The van der Waals surface area contributed by atoms with E-state index in [9.17, 15) is 4.79 Å². The number of carbonyl (C=O) groups excluding carboxylic acids is 1. The number of H-pyrrole nitrogens is 1. The maximum Gasteiger partial charge on any atom is 0.253 e. The van der Waals surface area contributed by atoms with Crippen molar-refractivity contribution in [3.63, 3.8) is 0 Å². The molecule has 1 aromatic rings. The SMILES string of the molecule is Cc1[nH]ccc1C(=O)NCCN1CCNCC1.Cl. The van der Waals surface area contributed by atoms with Crippen LogP contribution < -0.4 is 10.6 Å². The Morgan fingerprint density at radius 1 is 1.44 bits per heavy atom. The summed E-state index contributed by atoms with van der Waals surface area (Å²) in [4.78, 5) is 17.2. The van der Waals surface area contributed by atoms with Gasteiger partial charge in [0.1, 0.15) is 0 Å². The molecule has 1 saturated heterocycles. The number of aryl methyl sites for hydroxylation is 1. The van der Waals surface area contributed by atoms with Gasteiger partial charge in [-0.05, 0) is 13.0 Å². The minimum absolute atomic E-state index is 0. The molecular formula is C12H21ClN4O. The Hall–Kier alpha value is -1.04. The van der Waals surface area contributed by atoms with E-state index in [2.05, 4.69) is 20.5 Å². The smallest absolute Gasteiger partial charge is 0.253 e. The fraction of sp³-hybridized carbons (Fsp3) is 0.583. The first-order chi connectivity index (χ1) is 8.27. The number of halogens is 1. The predicted octanol–water partition coefficient (Wildman–Crippen LogP) is 0.380. The quantitative estimate of drug-likeness (QED) is 0.743. The molecule has 1 fully saturated rings. The van der Waals surface area contributed by atoms with Crippen molar-refractivity contribution in [1.82, 2.24) is 20.5 Å². The van der Waals surface area contributed by atoms with Crippen LogP contribution in [0.2, 0.25) is 0 Å². The van der Waals surface area contributed by atoms with E-state index in [-0.39, 0.29) is 18.3 Å². The Morgan fingerprint density at radius 2 is 2.17 bits per heavy atom. The molecule has 0 aromatic carbocycles. The molecule has 1 aromatic heterocycles. The van der Waals surface area contributed by atoms with Gasteiger partial charge < -0.3 is 15.6 Å². The number of amides is 1. The molecule has 0 radical (unpaired) electrons. The van der Waals surface area contributed by atoms with Crippen LogP contribution in [0.15, 0.2) is 12.3 Å². The lowest BCUT2D eigenvalue weighted by atomic mass is 10.2. The van der Waals surface area contributed by atoms with Crippen molar-refractivity contribution in [2.45, 2.75) is 6.92 Å². The van der Waals surface area contributed by atoms with E-state index in [0.717, 1.165) is 44.0 Å². The third-order valence-electron chi connectivity index (χ3n) is 3.12. The largest absolute Gasteiger partial charge is 0.365 e. The first-order valence-corrected chi connectivity index (χ1v) is 6.12. The highest BCUT2D eigenvalue weighted by atomic mass is 35.5. The fourth-order valence-corrected chi connectivity index (χ4v) is 2.06. The molecule has 3 N–H and O–H groups in total. The molecule has 6 heteroatoms. The number of nitrogens with one attached hydrogen (secondary N) is 3. The zero-order valence-corrected chi connectivity index (χ0v) is 11.5. The van der Waals surface area contributed by atoms with Crippen LogP contribution in [0, 0.1) is 6.92 Å². The third-order valence-corrected chi connectivity index (χ3v) is 3.12. The van der Waals surface area contributed by atoms with Gasteiger partial charge in [-0.1, -0.05) is 0 Å². The Balaban J connectivity index is 0.00000162. The molecule has 0 saturated carbocycles. The molecule has 18 heavy (non-hydrogen) atoms. The molecule has 0 spiro atoms. The molecule has 0 unspecified atom stereocenters. The van der Waals surface area contributed by atoms with Crippen LogP contribution >= 0.6 is 12.4 Å². The zero-order valence-electron chi connectivity index (χ0n) is 10.7. The second-order valence-electron chi connectivity index (χ2n) is 4.36. The minimum Gasteiger partial charge on any atom is -0.365 e. The predicted molar refractivity (Wildman–Crippen MR) is 74.4 cm³/mol. The number of hydrogen-bond donors (Lipinski definition) is 3. The number of carbonyl (C=O) groups is 1. The maximum absolute atomic E-state index is 11.8. The van der Waals surface area contributed by atoms with Crippen LogP contribution in [0.3, 0.4) is 0 Å². The molecule has 2 heterocycles. The topological polar surface area (TPSA) is 60.2 Å². The van der Waals surface area contributed by atoms with Crippen molar-refractivity contribution >= 4 is 18.3 Å². The number of nitrogens with zero attached hydrogens (tertiary/aromatic N) is 1. The number of aromatic nitrogens is 1. The van der Waals surface area contributed by atoms with Crippen LogP contribution in [0.5, 0.6) is 0 Å². The summed E-state index contributed by atoms with van der Waals surface area (Å²) in [6.07, 6.45) is 1.79. The Morgan fingerprint density at radius 3 is 2.78 bits per heavy atom. The Kier molecular flexibility index (Phi) is 6.18. The van der Waals surface area contributed by atoms with Crippen LogP contribution in [0.1, 0.15) is 16.1 Å². The zero-order chi connectivity index (χ0) is 12.1. The summed E-state index contributed by atoms with van der Waals surface area (Å²) in [6.45, 7) is 7.78. The van der Waals surface area contributed by atoms with Crippen molar-refractivity contribution in [3.8, 4) is 0 Å². The molecule has 0 atom stereocenters. The Bertz CT molecular complexity index is 374. The van der Waals surface area contributed by atoms with Crippen molar-refractivity contribution in [2.24, 2.45) is 0 Å². The van der Waals surface area contributed by atoms with Gasteiger partial charge >= 0.3 is 0 Å². The molecule has 5 nitrogen and oxygen atoms in total. The number of hydrogen-bond acceptors (Lipinski definition) is 3. The van der Waals surface area contributed by atoms with Crippen molar-refractivity contribution in [1.29, 1.82) is 0 Å². The van der Waals surface area contributed by atoms with Gasteiger partial charge in [-0.15, -0.1) is 12.4 Å². The van der Waals surface area contributed by atoms with Crippen molar-refractivity contribution < 1.29 is 4.79 Å². The summed E-state index contributed by atoms with van der Waals surface area (Å²) in [5.41, 5.74) is 1.66. The van der Waals surface area contributed by atoms with E-state index in [4.69, 9.17) is 0 Å². The highest BCUT2D eigenvalue weighted by Crippen LogP contribution is 2.03. The van der Waals surface area contributed by atoms with Gasteiger partial charge in [-0.25, -0.2) is 0 Å². The normalized spacial score (nSPS) is 16.1. The summed E-state index contributed by atoms with van der Waals surface area (Å²) in [5, 5.41) is 6.26. The second-order valence-corrected chi connectivity index (χ2v) is 4.36. The number of rotatable bonds is 4. The average molecular weight is 273 g/mol. The highest BCUT2D eigenvalue weighted by molar-refractivity contribution is 5.95. The first kappa shape index (κ1) is 15.0. The highest BCUT2D eigenvalue weighted by Gasteiger charge is 2.11. The molecule has 0 bridgehead atoms. The summed E-state index contributed by atoms with van der Waals surface area (Å²) in [6, 6.07) is 1.81. The molecule has 1 amide bonds. The van der Waals surface area contributed by atoms with E-state index in [1.165, 1.54) is 0 Å². The van der Waals surface area contributed by atoms with Gasteiger partial charge in [0.25, 0.3) is 5.91 Å². The van der Waals surface area contributed by atoms with Gasteiger partial charge in [-0.2, -0.15) is 0 Å². The molecular weight excluding hydrogens is 252 g/mol. The second kappa shape index (κ2) is 7.41. The van der Waals surface area contributed by atoms with Crippen LogP contribution in [0.25, 0.3) is 0 Å². The lowest BCUT2D eigenvalue weighted by molar-refractivity contribution is 0.0947. The van der Waals surface area contributed by atoms with E-state index < -0.39 is 0 Å². The summed E-state index contributed by atoms with van der Waals surface area (Å²) in [7, 11) is 0. The molecule has 1 aliphatic heterocycles. The maximum atomic E-state index is 11.8. The van der Waals surface area contributed by atoms with Gasteiger partial charge in [0, 0.05) is 51.2 Å². The Labute approximate surface area is 114 Å². The summed E-state index contributed by atoms with van der Waals surface area (Å²) >= 11 is 0. The average Bonchev–Trinajstić information content (AvgIpc) is 2.77. The van der Waals surface area contributed by atoms with Gasteiger partial charge in [0.2, 0.25) is 0 Å².